The first-order valence-corrected chi connectivity index (χ1v) is 5.06. The molecule has 0 aromatic heterocycles. The molecule has 0 saturated heterocycles. The summed E-state index contributed by atoms with van der Waals surface area (Å²) in [5.74, 6) is 0.621. The van der Waals surface area contributed by atoms with Gasteiger partial charge in [-0.25, -0.2) is 0 Å². The van der Waals surface area contributed by atoms with Gasteiger partial charge in [-0.2, -0.15) is 0 Å². The molecule has 0 nitrogen and oxygen atoms in total. The molecule has 1 unspecified atom stereocenters. The van der Waals surface area contributed by atoms with Crippen LogP contribution in [-0.2, 0) is 0 Å². The monoisotopic (exact) mass is 174 g/mol. The van der Waals surface area contributed by atoms with Crippen LogP contribution in [0.5, 0.6) is 0 Å². The van der Waals surface area contributed by atoms with Crippen molar-refractivity contribution in [3.05, 3.63) is 41.5 Å². The van der Waals surface area contributed by atoms with Crippen LogP contribution < -0.4 is 0 Å². The van der Waals surface area contributed by atoms with Gasteiger partial charge < -0.3 is 0 Å². The lowest BCUT2D eigenvalue weighted by atomic mass is 10.0. The molecular weight excluding hydrogens is 156 g/mol. The Balaban J connectivity index is 0.000000251. The average molecular weight is 174 g/mol. The standard InChI is InChI=1S/C10H10.C3H8/c1-8-6-7-9-4-2-3-5-10(8)9;1-3-2/h2-8H,1H3;3H2,1-2H3. The molecule has 1 atom stereocenters. The summed E-state index contributed by atoms with van der Waals surface area (Å²) in [4.78, 5) is 0. The molecule has 0 saturated carbocycles. The van der Waals surface area contributed by atoms with Gasteiger partial charge >= 0.3 is 0 Å². The molecule has 0 radical (unpaired) electrons. The molecule has 0 aliphatic heterocycles. The van der Waals surface area contributed by atoms with Crippen molar-refractivity contribution >= 4 is 6.08 Å². The second-order valence-corrected chi connectivity index (χ2v) is 3.48. The minimum absolute atomic E-state index is 0.621. The fourth-order valence-electron chi connectivity index (χ4n) is 1.43. The van der Waals surface area contributed by atoms with Gasteiger partial charge in [0.05, 0.1) is 0 Å². The number of allylic oxidation sites excluding steroid dienone is 1. The van der Waals surface area contributed by atoms with Crippen LogP contribution in [-0.4, -0.2) is 0 Å². The first-order chi connectivity index (χ1) is 6.29. The Labute approximate surface area is 81.3 Å². The third kappa shape index (κ3) is 2.45. The molecular formula is C13H18. The highest BCUT2D eigenvalue weighted by molar-refractivity contribution is 5.61. The molecule has 70 valence electrons. The fourth-order valence-corrected chi connectivity index (χ4v) is 1.43. The van der Waals surface area contributed by atoms with Crippen LogP contribution in [0.15, 0.2) is 30.3 Å². The lowest BCUT2D eigenvalue weighted by Gasteiger charge is -2.01. The van der Waals surface area contributed by atoms with E-state index in [-0.39, 0.29) is 0 Å². The van der Waals surface area contributed by atoms with E-state index in [2.05, 4.69) is 57.2 Å². The number of benzene rings is 1. The summed E-state index contributed by atoms with van der Waals surface area (Å²) >= 11 is 0. The summed E-state index contributed by atoms with van der Waals surface area (Å²) in [6.45, 7) is 6.47. The maximum Gasteiger partial charge on any atom is -0.000118 e. The van der Waals surface area contributed by atoms with Crippen LogP contribution in [0.1, 0.15) is 44.2 Å². The lowest BCUT2D eigenvalue weighted by molar-refractivity contribution is 0.990. The molecule has 0 N–H and O–H groups in total. The van der Waals surface area contributed by atoms with E-state index in [1.807, 2.05) is 0 Å². The third-order valence-corrected chi connectivity index (χ3v) is 2.05. The molecule has 0 spiro atoms. The van der Waals surface area contributed by atoms with Crippen LogP contribution in [0.25, 0.3) is 6.08 Å². The minimum atomic E-state index is 0.621. The van der Waals surface area contributed by atoms with Crippen LogP contribution in [0.4, 0.5) is 0 Å². The molecule has 1 aromatic carbocycles. The van der Waals surface area contributed by atoms with E-state index in [9.17, 15) is 0 Å². The van der Waals surface area contributed by atoms with Gasteiger partial charge in [0.1, 0.15) is 0 Å². The van der Waals surface area contributed by atoms with Crippen LogP contribution in [0, 0.1) is 0 Å². The zero-order valence-electron chi connectivity index (χ0n) is 8.75. The van der Waals surface area contributed by atoms with Gasteiger partial charge in [0.2, 0.25) is 0 Å². The van der Waals surface area contributed by atoms with E-state index in [0.29, 0.717) is 5.92 Å². The predicted molar refractivity (Wildman–Crippen MR) is 59.9 cm³/mol. The van der Waals surface area contributed by atoms with Crippen molar-refractivity contribution in [3.63, 3.8) is 0 Å². The van der Waals surface area contributed by atoms with E-state index in [4.69, 9.17) is 0 Å². The summed E-state index contributed by atoms with van der Waals surface area (Å²) in [7, 11) is 0. The first kappa shape index (κ1) is 10.0. The van der Waals surface area contributed by atoms with Crippen molar-refractivity contribution < 1.29 is 0 Å². The number of hydrogen-bond acceptors (Lipinski definition) is 0. The summed E-state index contributed by atoms with van der Waals surface area (Å²) in [6.07, 6.45) is 5.69. The Bertz CT molecular complexity index is 284. The highest BCUT2D eigenvalue weighted by Crippen LogP contribution is 2.28. The Kier molecular flexibility index (Phi) is 3.75. The van der Waals surface area contributed by atoms with Gasteiger partial charge in [-0.15, -0.1) is 0 Å². The molecule has 0 heteroatoms. The van der Waals surface area contributed by atoms with Crippen LogP contribution in [0.2, 0.25) is 0 Å². The average Bonchev–Trinajstić information content (AvgIpc) is 2.50. The number of fused-ring (bicyclic) bond motifs is 1. The molecule has 0 heterocycles. The Hall–Kier alpha value is -1.04. The quantitative estimate of drug-likeness (QED) is 0.552. The molecule has 2 rings (SSSR count). The molecule has 1 aliphatic rings. The molecule has 1 aromatic rings. The maximum absolute atomic E-state index is 2.24. The predicted octanol–water partition coefficient (Wildman–Crippen LogP) is 4.23. The van der Waals surface area contributed by atoms with Crippen LogP contribution >= 0.6 is 0 Å². The van der Waals surface area contributed by atoms with E-state index >= 15 is 0 Å². The fraction of sp³-hybridized carbons (Fsp3) is 0.385. The topological polar surface area (TPSA) is 0 Å². The van der Waals surface area contributed by atoms with Gasteiger partial charge in [0.15, 0.2) is 0 Å². The highest BCUT2D eigenvalue weighted by Gasteiger charge is 2.09. The SMILES string of the molecule is CC1C=Cc2ccccc21.CCC. The van der Waals surface area contributed by atoms with Gasteiger partial charge in [-0.3, -0.25) is 0 Å². The van der Waals surface area contributed by atoms with Crippen molar-refractivity contribution in [1.82, 2.24) is 0 Å². The highest BCUT2D eigenvalue weighted by atomic mass is 14.1. The van der Waals surface area contributed by atoms with E-state index in [0.717, 1.165) is 0 Å². The number of rotatable bonds is 0. The first-order valence-electron chi connectivity index (χ1n) is 5.06. The van der Waals surface area contributed by atoms with Gasteiger partial charge in [-0.1, -0.05) is 63.6 Å². The normalized spacial score (nSPS) is 17.6. The smallest absolute Gasteiger partial charge is 0.000118 e. The van der Waals surface area contributed by atoms with Gasteiger partial charge in [0.25, 0.3) is 0 Å². The van der Waals surface area contributed by atoms with Crippen molar-refractivity contribution in [3.8, 4) is 0 Å². The summed E-state index contributed by atoms with van der Waals surface area (Å²) in [6, 6.07) is 8.54. The largest absolute Gasteiger partial charge is 0.0767 e. The lowest BCUT2D eigenvalue weighted by Crippen LogP contribution is -1.84. The molecule has 0 bridgehead atoms. The summed E-state index contributed by atoms with van der Waals surface area (Å²) < 4.78 is 0. The molecule has 1 aliphatic carbocycles. The van der Waals surface area contributed by atoms with E-state index in [1.165, 1.54) is 17.5 Å². The zero-order chi connectivity index (χ0) is 9.68. The Morgan fingerprint density at radius 2 is 1.77 bits per heavy atom. The van der Waals surface area contributed by atoms with Crippen LogP contribution in [0.3, 0.4) is 0 Å². The Morgan fingerprint density at radius 3 is 2.38 bits per heavy atom. The van der Waals surface area contributed by atoms with Crippen molar-refractivity contribution in [1.29, 1.82) is 0 Å². The summed E-state index contributed by atoms with van der Waals surface area (Å²) in [5.41, 5.74) is 2.84. The molecule has 0 fully saturated rings. The summed E-state index contributed by atoms with van der Waals surface area (Å²) in [5, 5.41) is 0. The van der Waals surface area contributed by atoms with E-state index in [1.54, 1.807) is 0 Å². The van der Waals surface area contributed by atoms with E-state index < -0.39 is 0 Å². The van der Waals surface area contributed by atoms with Crippen molar-refractivity contribution in [2.45, 2.75) is 33.1 Å². The molecule has 0 amide bonds. The van der Waals surface area contributed by atoms with Crippen molar-refractivity contribution in [2.24, 2.45) is 0 Å². The second-order valence-electron chi connectivity index (χ2n) is 3.48. The zero-order valence-corrected chi connectivity index (χ0v) is 8.75. The Morgan fingerprint density at radius 1 is 1.15 bits per heavy atom. The number of hydrogen-bond donors (Lipinski definition) is 0. The van der Waals surface area contributed by atoms with Crippen molar-refractivity contribution in [2.75, 3.05) is 0 Å². The third-order valence-electron chi connectivity index (χ3n) is 2.05. The van der Waals surface area contributed by atoms with Gasteiger partial charge in [0, 0.05) is 0 Å². The second kappa shape index (κ2) is 4.86. The van der Waals surface area contributed by atoms with Gasteiger partial charge in [-0.05, 0) is 17.0 Å². The molecule has 13 heavy (non-hydrogen) atoms. The maximum atomic E-state index is 2.24. The minimum Gasteiger partial charge on any atom is -0.0767 e.